The van der Waals surface area contributed by atoms with E-state index < -0.39 is 16.1 Å². The van der Waals surface area contributed by atoms with Crippen LogP contribution in [0.15, 0.2) is 29.2 Å². The SMILES string of the molecule is [B]c1ccc(S(=O)(=O)N[C@H](C)CO)cc1. The molecular weight excluding hydrogens is 213 g/mol. The van der Waals surface area contributed by atoms with Gasteiger partial charge in [-0.05, 0) is 19.1 Å². The summed E-state index contributed by atoms with van der Waals surface area (Å²) in [5, 5.41) is 8.74. The molecule has 0 bridgehead atoms. The lowest BCUT2D eigenvalue weighted by Gasteiger charge is -2.11. The van der Waals surface area contributed by atoms with Crippen LogP contribution in [0.3, 0.4) is 0 Å². The fourth-order valence-electron chi connectivity index (χ4n) is 1.02. The van der Waals surface area contributed by atoms with Crippen molar-refractivity contribution in [3.8, 4) is 0 Å². The highest BCUT2D eigenvalue weighted by atomic mass is 32.2. The molecule has 0 saturated carbocycles. The minimum atomic E-state index is -3.55. The van der Waals surface area contributed by atoms with Crippen LogP contribution in [-0.2, 0) is 10.0 Å². The van der Waals surface area contributed by atoms with Gasteiger partial charge >= 0.3 is 0 Å². The lowest BCUT2D eigenvalue weighted by molar-refractivity contribution is 0.265. The Morgan fingerprint density at radius 2 is 1.93 bits per heavy atom. The lowest BCUT2D eigenvalue weighted by atomic mass is 9.97. The van der Waals surface area contributed by atoms with Crippen LogP contribution < -0.4 is 10.2 Å². The molecule has 0 aliphatic carbocycles. The number of sulfonamides is 1. The molecule has 6 heteroatoms. The molecule has 15 heavy (non-hydrogen) atoms. The van der Waals surface area contributed by atoms with Crippen molar-refractivity contribution in [1.82, 2.24) is 4.72 Å². The molecule has 0 heterocycles. The third kappa shape index (κ3) is 3.33. The fourth-order valence-corrected chi connectivity index (χ4v) is 2.25. The van der Waals surface area contributed by atoms with Gasteiger partial charge in [0.05, 0.1) is 11.5 Å². The molecule has 0 spiro atoms. The minimum Gasteiger partial charge on any atom is -0.395 e. The molecule has 1 rings (SSSR count). The van der Waals surface area contributed by atoms with Crippen LogP contribution in [0.5, 0.6) is 0 Å². The van der Waals surface area contributed by atoms with Crippen LogP contribution in [0.25, 0.3) is 0 Å². The molecule has 0 aliphatic heterocycles. The first-order chi connectivity index (χ1) is 6.95. The molecule has 0 saturated heterocycles. The van der Waals surface area contributed by atoms with Crippen molar-refractivity contribution >= 4 is 23.3 Å². The molecule has 0 fully saturated rings. The Morgan fingerprint density at radius 1 is 1.40 bits per heavy atom. The molecule has 80 valence electrons. The molecule has 1 aromatic carbocycles. The second-order valence-electron chi connectivity index (χ2n) is 3.27. The van der Waals surface area contributed by atoms with Crippen molar-refractivity contribution in [2.45, 2.75) is 17.9 Å². The van der Waals surface area contributed by atoms with Gasteiger partial charge in [0.15, 0.2) is 0 Å². The van der Waals surface area contributed by atoms with Crippen LogP contribution in [0.1, 0.15) is 6.92 Å². The van der Waals surface area contributed by atoms with Crippen molar-refractivity contribution in [2.24, 2.45) is 0 Å². The van der Waals surface area contributed by atoms with E-state index in [0.29, 0.717) is 5.46 Å². The Hall–Kier alpha value is -0.845. The summed E-state index contributed by atoms with van der Waals surface area (Å²) in [7, 11) is 1.89. The number of nitrogens with one attached hydrogen (secondary N) is 1. The van der Waals surface area contributed by atoms with E-state index in [1.54, 1.807) is 6.92 Å². The van der Waals surface area contributed by atoms with E-state index in [4.69, 9.17) is 13.0 Å². The molecular formula is C9H12BNO3S. The van der Waals surface area contributed by atoms with Gasteiger partial charge in [-0.15, -0.1) is 0 Å². The van der Waals surface area contributed by atoms with Crippen molar-refractivity contribution in [1.29, 1.82) is 0 Å². The zero-order chi connectivity index (χ0) is 11.5. The van der Waals surface area contributed by atoms with Gasteiger partial charge in [-0.1, -0.05) is 17.6 Å². The minimum absolute atomic E-state index is 0.136. The maximum Gasteiger partial charge on any atom is 0.240 e. The third-order valence-corrected chi connectivity index (χ3v) is 3.43. The summed E-state index contributed by atoms with van der Waals surface area (Å²) in [4.78, 5) is 0.136. The maximum atomic E-state index is 11.6. The number of aliphatic hydroxyl groups excluding tert-OH is 1. The van der Waals surface area contributed by atoms with Gasteiger partial charge in [-0.3, -0.25) is 0 Å². The summed E-state index contributed by atoms with van der Waals surface area (Å²) < 4.78 is 25.6. The summed E-state index contributed by atoms with van der Waals surface area (Å²) in [6.07, 6.45) is 0. The molecule has 0 unspecified atom stereocenters. The standard InChI is InChI=1S/C9H12BNO3S/c1-7(6-12)11-15(13,14)9-4-2-8(10)3-5-9/h2-5,7,11-12H,6H2,1H3/t7-/m1/s1. The zero-order valence-corrected chi connectivity index (χ0v) is 9.16. The highest BCUT2D eigenvalue weighted by Gasteiger charge is 2.15. The van der Waals surface area contributed by atoms with E-state index in [1.807, 2.05) is 0 Å². The summed E-state index contributed by atoms with van der Waals surface area (Å²) in [5.74, 6) is 0. The first-order valence-corrected chi connectivity index (χ1v) is 5.93. The van der Waals surface area contributed by atoms with Gasteiger partial charge in [0, 0.05) is 6.04 Å². The number of hydrogen-bond acceptors (Lipinski definition) is 3. The number of benzene rings is 1. The Morgan fingerprint density at radius 3 is 2.40 bits per heavy atom. The lowest BCUT2D eigenvalue weighted by Crippen LogP contribution is -2.35. The largest absolute Gasteiger partial charge is 0.395 e. The van der Waals surface area contributed by atoms with Gasteiger partial charge in [-0.25, -0.2) is 13.1 Å². The first-order valence-electron chi connectivity index (χ1n) is 4.44. The van der Waals surface area contributed by atoms with E-state index in [9.17, 15) is 8.42 Å². The number of rotatable bonds is 4. The topological polar surface area (TPSA) is 66.4 Å². The van der Waals surface area contributed by atoms with Crippen LogP contribution in [-0.4, -0.2) is 34.0 Å². The van der Waals surface area contributed by atoms with E-state index in [2.05, 4.69) is 4.72 Å². The summed E-state index contributed by atoms with van der Waals surface area (Å²) >= 11 is 0. The predicted molar refractivity (Wildman–Crippen MR) is 58.7 cm³/mol. The number of hydrogen-bond donors (Lipinski definition) is 2. The molecule has 1 aromatic rings. The molecule has 0 amide bonds. The number of aliphatic hydroxyl groups is 1. The summed E-state index contributed by atoms with van der Waals surface area (Å²) in [6, 6.07) is 5.35. The van der Waals surface area contributed by atoms with Gasteiger partial charge in [0.2, 0.25) is 10.0 Å². The van der Waals surface area contributed by atoms with E-state index in [1.165, 1.54) is 24.3 Å². The molecule has 2 radical (unpaired) electrons. The zero-order valence-electron chi connectivity index (χ0n) is 8.34. The summed E-state index contributed by atoms with van der Waals surface area (Å²) in [6.45, 7) is 1.34. The van der Waals surface area contributed by atoms with Crippen molar-refractivity contribution < 1.29 is 13.5 Å². The van der Waals surface area contributed by atoms with Crippen LogP contribution in [0, 0.1) is 0 Å². The van der Waals surface area contributed by atoms with Crippen molar-refractivity contribution in [2.75, 3.05) is 6.61 Å². The van der Waals surface area contributed by atoms with Crippen molar-refractivity contribution in [3.05, 3.63) is 24.3 Å². The average Bonchev–Trinajstić information content (AvgIpc) is 2.17. The Kier molecular flexibility index (Phi) is 3.90. The van der Waals surface area contributed by atoms with Gasteiger partial charge < -0.3 is 5.11 Å². The molecule has 4 nitrogen and oxygen atoms in total. The molecule has 1 atom stereocenters. The predicted octanol–water partition coefficient (Wildman–Crippen LogP) is -0.860. The highest BCUT2D eigenvalue weighted by Crippen LogP contribution is 2.06. The van der Waals surface area contributed by atoms with E-state index in [0.717, 1.165) is 0 Å². The highest BCUT2D eigenvalue weighted by molar-refractivity contribution is 7.89. The monoisotopic (exact) mass is 225 g/mol. The summed E-state index contributed by atoms with van der Waals surface area (Å²) in [5.41, 5.74) is 0.504. The fraction of sp³-hybridized carbons (Fsp3) is 0.333. The maximum absolute atomic E-state index is 11.6. The molecule has 0 aromatic heterocycles. The Balaban J connectivity index is 2.91. The van der Waals surface area contributed by atoms with Gasteiger partial charge in [-0.2, -0.15) is 0 Å². The molecule has 0 aliphatic rings. The Labute approximate surface area is 90.8 Å². The second kappa shape index (κ2) is 4.78. The first kappa shape index (κ1) is 12.2. The third-order valence-electron chi connectivity index (χ3n) is 1.82. The Bertz CT molecular complexity index is 415. The normalized spacial score (nSPS) is 13.7. The van der Waals surface area contributed by atoms with Crippen LogP contribution >= 0.6 is 0 Å². The quantitative estimate of drug-likeness (QED) is 0.655. The van der Waals surface area contributed by atoms with E-state index >= 15 is 0 Å². The smallest absolute Gasteiger partial charge is 0.240 e. The molecule has 2 N–H and O–H groups in total. The van der Waals surface area contributed by atoms with Gasteiger partial charge in [0.1, 0.15) is 7.85 Å². The van der Waals surface area contributed by atoms with Gasteiger partial charge in [0.25, 0.3) is 0 Å². The van der Waals surface area contributed by atoms with Crippen LogP contribution in [0.2, 0.25) is 0 Å². The van der Waals surface area contributed by atoms with E-state index in [-0.39, 0.29) is 11.5 Å². The van der Waals surface area contributed by atoms with Crippen molar-refractivity contribution in [3.63, 3.8) is 0 Å². The van der Waals surface area contributed by atoms with Crippen LogP contribution in [0.4, 0.5) is 0 Å². The average molecular weight is 225 g/mol. The second-order valence-corrected chi connectivity index (χ2v) is 4.99.